The summed E-state index contributed by atoms with van der Waals surface area (Å²) in [5.41, 5.74) is 0. The fraction of sp³-hybridized carbons (Fsp3) is 0.500. The molecule has 0 saturated carbocycles. The lowest BCUT2D eigenvalue weighted by Gasteiger charge is -2.09. The highest BCUT2D eigenvalue weighted by Crippen LogP contribution is 2.24. The minimum absolute atomic E-state index is 0.138. The summed E-state index contributed by atoms with van der Waals surface area (Å²) >= 11 is 11.6. The molecule has 2 nitrogen and oxygen atoms in total. The largest absolute Gasteiger partial charge is 0.224 e. The SMILES string of the molecule is CCC(C)CCS(=O)(=O)c1cc(Cl)cc(Cl)c1. The summed E-state index contributed by atoms with van der Waals surface area (Å²) in [6.07, 6.45) is 1.63. The predicted octanol–water partition coefficient (Wildman–Crippen LogP) is 4.20. The lowest BCUT2D eigenvalue weighted by atomic mass is 10.1. The van der Waals surface area contributed by atoms with Gasteiger partial charge >= 0.3 is 0 Å². The van der Waals surface area contributed by atoms with E-state index < -0.39 is 9.84 Å². The molecule has 1 atom stereocenters. The Morgan fingerprint density at radius 3 is 2.18 bits per heavy atom. The third-order valence-electron chi connectivity index (χ3n) is 2.77. The fourth-order valence-corrected chi connectivity index (χ4v) is 3.60. The first-order valence-corrected chi connectivity index (χ1v) is 7.95. The van der Waals surface area contributed by atoms with E-state index in [1.807, 2.05) is 13.8 Å². The van der Waals surface area contributed by atoms with Crippen molar-refractivity contribution in [2.24, 2.45) is 5.92 Å². The van der Waals surface area contributed by atoms with Crippen LogP contribution in [0.2, 0.25) is 10.0 Å². The number of hydrogen-bond acceptors (Lipinski definition) is 2. The van der Waals surface area contributed by atoms with E-state index in [0.29, 0.717) is 22.4 Å². The van der Waals surface area contributed by atoms with Crippen molar-refractivity contribution in [2.45, 2.75) is 31.6 Å². The Bertz CT molecular complexity index is 463. The molecule has 0 amide bonds. The highest BCUT2D eigenvalue weighted by molar-refractivity contribution is 7.91. The van der Waals surface area contributed by atoms with E-state index in [4.69, 9.17) is 23.2 Å². The van der Waals surface area contributed by atoms with Crippen molar-refractivity contribution in [3.8, 4) is 0 Å². The maximum Gasteiger partial charge on any atom is 0.178 e. The summed E-state index contributed by atoms with van der Waals surface area (Å²) in [5, 5.41) is 0.694. The van der Waals surface area contributed by atoms with Gasteiger partial charge in [-0.1, -0.05) is 43.5 Å². The molecule has 17 heavy (non-hydrogen) atoms. The zero-order valence-electron chi connectivity index (χ0n) is 9.91. The van der Waals surface area contributed by atoms with E-state index in [9.17, 15) is 8.42 Å². The van der Waals surface area contributed by atoms with E-state index in [1.54, 1.807) is 0 Å². The van der Waals surface area contributed by atoms with Gasteiger partial charge in [-0.25, -0.2) is 8.42 Å². The van der Waals surface area contributed by atoms with Gasteiger partial charge in [-0.3, -0.25) is 0 Å². The summed E-state index contributed by atoms with van der Waals surface area (Å²) < 4.78 is 24.1. The molecule has 0 N–H and O–H groups in total. The molecule has 1 aromatic carbocycles. The molecule has 1 unspecified atom stereocenters. The number of hydrogen-bond donors (Lipinski definition) is 0. The Labute approximate surface area is 113 Å². The second-order valence-corrected chi connectivity index (χ2v) is 7.21. The van der Waals surface area contributed by atoms with Crippen LogP contribution in [0, 0.1) is 5.92 Å². The molecule has 0 fully saturated rings. The van der Waals surface area contributed by atoms with Crippen molar-refractivity contribution in [3.63, 3.8) is 0 Å². The van der Waals surface area contributed by atoms with Crippen LogP contribution in [0.25, 0.3) is 0 Å². The van der Waals surface area contributed by atoms with E-state index in [1.165, 1.54) is 18.2 Å². The molecule has 0 aliphatic heterocycles. The standard InChI is InChI=1S/C12H16Cl2O2S/c1-3-9(2)4-5-17(15,16)12-7-10(13)6-11(14)8-12/h6-9H,3-5H2,1-2H3. The summed E-state index contributed by atoms with van der Waals surface area (Å²) in [5.74, 6) is 0.540. The molecule has 0 heterocycles. The molecule has 96 valence electrons. The highest BCUT2D eigenvalue weighted by atomic mass is 35.5. The molecule has 0 aliphatic carbocycles. The number of halogens is 2. The van der Waals surface area contributed by atoms with Crippen LogP contribution < -0.4 is 0 Å². The third kappa shape index (κ3) is 4.49. The minimum atomic E-state index is -3.28. The van der Waals surface area contributed by atoms with Gasteiger partial charge in [-0.2, -0.15) is 0 Å². The normalized spacial score (nSPS) is 13.6. The van der Waals surface area contributed by atoms with Crippen LogP contribution >= 0.6 is 23.2 Å². The van der Waals surface area contributed by atoms with Crippen molar-refractivity contribution in [1.29, 1.82) is 0 Å². The van der Waals surface area contributed by atoms with Gasteiger partial charge in [-0.15, -0.1) is 0 Å². The molecule has 0 radical (unpaired) electrons. The van der Waals surface area contributed by atoms with Gasteiger partial charge in [0.05, 0.1) is 10.6 Å². The smallest absolute Gasteiger partial charge is 0.178 e. The molecule has 0 aromatic heterocycles. The second kappa shape index (κ2) is 6.07. The van der Waals surface area contributed by atoms with E-state index >= 15 is 0 Å². The second-order valence-electron chi connectivity index (χ2n) is 4.23. The Morgan fingerprint density at radius 2 is 1.71 bits per heavy atom. The molecule has 5 heteroatoms. The number of sulfone groups is 1. The van der Waals surface area contributed by atoms with E-state index in [0.717, 1.165) is 6.42 Å². The Hall–Kier alpha value is -0.250. The molecule has 0 spiro atoms. The van der Waals surface area contributed by atoms with Gasteiger partial charge in [0.25, 0.3) is 0 Å². The van der Waals surface area contributed by atoms with Gasteiger partial charge < -0.3 is 0 Å². The van der Waals surface area contributed by atoms with Gasteiger partial charge in [0.1, 0.15) is 0 Å². The fourth-order valence-electron chi connectivity index (χ4n) is 1.39. The summed E-state index contributed by atoms with van der Waals surface area (Å²) in [4.78, 5) is 0.207. The number of rotatable bonds is 5. The first kappa shape index (κ1) is 14.8. The van der Waals surface area contributed by atoms with Crippen LogP contribution in [0.3, 0.4) is 0 Å². The average molecular weight is 295 g/mol. The van der Waals surface area contributed by atoms with Crippen LogP contribution in [0.5, 0.6) is 0 Å². The molecular weight excluding hydrogens is 279 g/mol. The quantitative estimate of drug-likeness (QED) is 0.815. The number of benzene rings is 1. The molecular formula is C12H16Cl2O2S. The molecule has 0 saturated heterocycles. The first-order chi connectivity index (χ1) is 7.85. The first-order valence-electron chi connectivity index (χ1n) is 5.54. The highest BCUT2D eigenvalue weighted by Gasteiger charge is 2.16. The molecule has 1 rings (SSSR count). The topological polar surface area (TPSA) is 34.1 Å². The minimum Gasteiger partial charge on any atom is -0.224 e. The van der Waals surface area contributed by atoms with Crippen molar-refractivity contribution >= 4 is 33.0 Å². The van der Waals surface area contributed by atoms with Crippen LogP contribution in [0.4, 0.5) is 0 Å². The predicted molar refractivity (Wildman–Crippen MR) is 72.6 cm³/mol. The molecule has 1 aromatic rings. The van der Waals surface area contributed by atoms with E-state index in [2.05, 4.69) is 0 Å². The maximum absolute atomic E-state index is 12.0. The Balaban J connectivity index is 2.89. The van der Waals surface area contributed by atoms with Gasteiger partial charge in [0.2, 0.25) is 0 Å². The van der Waals surface area contributed by atoms with Gasteiger partial charge in [0, 0.05) is 10.0 Å². The summed E-state index contributed by atoms with van der Waals surface area (Å²) in [6, 6.07) is 4.41. The Morgan fingerprint density at radius 1 is 1.18 bits per heavy atom. The zero-order chi connectivity index (χ0) is 13.1. The van der Waals surface area contributed by atoms with Crippen molar-refractivity contribution in [2.75, 3.05) is 5.75 Å². The monoisotopic (exact) mass is 294 g/mol. The van der Waals surface area contributed by atoms with Crippen molar-refractivity contribution in [3.05, 3.63) is 28.2 Å². The van der Waals surface area contributed by atoms with Gasteiger partial charge in [-0.05, 0) is 30.5 Å². The van der Waals surface area contributed by atoms with Crippen LogP contribution in [-0.2, 0) is 9.84 Å². The van der Waals surface area contributed by atoms with Crippen LogP contribution in [0.1, 0.15) is 26.7 Å². The Kier molecular flexibility index (Phi) is 5.29. The van der Waals surface area contributed by atoms with Crippen molar-refractivity contribution in [1.82, 2.24) is 0 Å². The average Bonchev–Trinajstić information content (AvgIpc) is 2.24. The van der Waals surface area contributed by atoms with Gasteiger partial charge in [0.15, 0.2) is 9.84 Å². The van der Waals surface area contributed by atoms with Crippen LogP contribution in [-0.4, -0.2) is 14.2 Å². The zero-order valence-corrected chi connectivity index (χ0v) is 12.2. The third-order valence-corrected chi connectivity index (χ3v) is 4.94. The van der Waals surface area contributed by atoms with Crippen LogP contribution in [0.15, 0.2) is 23.1 Å². The lowest BCUT2D eigenvalue weighted by Crippen LogP contribution is -2.10. The molecule has 0 aliphatic rings. The van der Waals surface area contributed by atoms with Crippen molar-refractivity contribution < 1.29 is 8.42 Å². The van der Waals surface area contributed by atoms with E-state index in [-0.39, 0.29) is 10.6 Å². The maximum atomic E-state index is 12.0. The summed E-state index contributed by atoms with van der Waals surface area (Å²) in [6.45, 7) is 4.09. The molecule has 0 bridgehead atoms. The lowest BCUT2D eigenvalue weighted by molar-refractivity contribution is 0.532. The summed E-state index contributed by atoms with van der Waals surface area (Å²) in [7, 11) is -3.28.